The summed E-state index contributed by atoms with van der Waals surface area (Å²) in [6.45, 7) is 6.17. The Labute approximate surface area is 224 Å². The Morgan fingerprint density at radius 1 is 1.18 bits per heavy atom. The Morgan fingerprint density at radius 2 is 2.05 bits per heavy atom. The zero-order valence-corrected chi connectivity index (χ0v) is 22.0. The van der Waals surface area contributed by atoms with Crippen LogP contribution >= 0.6 is 0 Å². The summed E-state index contributed by atoms with van der Waals surface area (Å²) in [4.78, 5) is 31.2. The summed E-state index contributed by atoms with van der Waals surface area (Å²) in [6, 6.07) is 0.137. The number of aliphatic imine (C=N–C) groups is 3. The molecule has 5 rings (SSSR count). The van der Waals surface area contributed by atoms with E-state index in [2.05, 4.69) is 55.2 Å². The largest absolute Gasteiger partial charge is 0.391 e. The average Bonchev–Trinajstić information content (AvgIpc) is 2.98. The van der Waals surface area contributed by atoms with Gasteiger partial charge in [0.2, 0.25) is 18.2 Å². The summed E-state index contributed by atoms with van der Waals surface area (Å²) in [5.41, 5.74) is 0. The van der Waals surface area contributed by atoms with Crippen molar-refractivity contribution in [3.63, 3.8) is 0 Å². The summed E-state index contributed by atoms with van der Waals surface area (Å²) < 4.78 is 0. The van der Waals surface area contributed by atoms with E-state index in [-0.39, 0.29) is 23.8 Å². The lowest BCUT2D eigenvalue weighted by Gasteiger charge is -2.39. The second kappa shape index (κ2) is 12.4. The summed E-state index contributed by atoms with van der Waals surface area (Å²) in [6.07, 6.45) is 17.2. The van der Waals surface area contributed by atoms with Gasteiger partial charge in [0.25, 0.3) is 0 Å². The lowest BCUT2D eigenvalue weighted by molar-refractivity contribution is -0.135. The molecule has 0 bridgehead atoms. The van der Waals surface area contributed by atoms with Gasteiger partial charge in [-0.25, -0.2) is 9.98 Å². The number of hydrogen-bond donors (Lipinski definition) is 5. The molecule has 0 saturated carbocycles. The van der Waals surface area contributed by atoms with Crippen LogP contribution in [-0.4, -0.2) is 96.3 Å². The number of carbonyl (C=O) groups is 1. The SMILES string of the molecule is CCC1=NC(NC2=NCC(C(O)NC3C=CC=CC3)C=C2)N=C(N2CCN(C(=O)C3C=CNCC3)CC2)N1. The molecule has 1 fully saturated rings. The number of piperazine rings is 1. The molecular weight excluding hydrogens is 482 g/mol. The second-order valence-electron chi connectivity index (χ2n) is 10.1. The van der Waals surface area contributed by atoms with Crippen molar-refractivity contribution in [1.29, 1.82) is 0 Å². The van der Waals surface area contributed by atoms with Crippen LogP contribution in [0.3, 0.4) is 0 Å². The van der Waals surface area contributed by atoms with Gasteiger partial charge >= 0.3 is 0 Å². The molecule has 11 heteroatoms. The minimum atomic E-state index is -0.665. The molecule has 4 aliphatic heterocycles. The first-order chi connectivity index (χ1) is 18.6. The fraction of sp³-hybridized carbons (Fsp3) is 0.556. The highest BCUT2D eigenvalue weighted by atomic mass is 16.3. The Hall–Kier alpha value is -3.44. The molecule has 1 amide bonds. The van der Waals surface area contributed by atoms with Crippen molar-refractivity contribution in [2.75, 3.05) is 39.3 Å². The minimum absolute atomic E-state index is 0.0255. The van der Waals surface area contributed by atoms with Gasteiger partial charge in [0, 0.05) is 51.1 Å². The molecule has 0 aromatic carbocycles. The van der Waals surface area contributed by atoms with E-state index in [0.29, 0.717) is 25.5 Å². The van der Waals surface area contributed by atoms with Crippen LogP contribution in [-0.2, 0) is 4.79 Å². The summed E-state index contributed by atoms with van der Waals surface area (Å²) in [5.74, 6) is 2.43. The Bertz CT molecular complexity index is 1070. The van der Waals surface area contributed by atoms with Crippen molar-refractivity contribution < 1.29 is 9.90 Å². The molecule has 5 aliphatic rings. The number of nitrogens with one attached hydrogen (secondary N) is 4. The van der Waals surface area contributed by atoms with Crippen molar-refractivity contribution >= 4 is 23.5 Å². The number of nitrogens with zero attached hydrogens (tertiary/aromatic N) is 5. The number of hydrogen-bond acceptors (Lipinski definition) is 10. The average molecular weight is 522 g/mol. The van der Waals surface area contributed by atoms with Crippen LogP contribution in [0.25, 0.3) is 0 Å². The fourth-order valence-corrected chi connectivity index (χ4v) is 5.08. The van der Waals surface area contributed by atoms with Crippen LogP contribution < -0.4 is 21.3 Å². The highest BCUT2D eigenvalue weighted by Crippen LogP contribution is 2.16. The van der Waals surface area contributed by atoms with Crippen molar-refractivity contribution in [3.8, 4) is 0 Å². The molecule has 11 nitrogen and oxygen atoms in total. The molecule has 5 atom stereocenters. The van der Waals surface area contributed by atoms with Crippen LogP contribution in [0.2, 0.25) is 0 Å². The number of amidine groups is 2. The molecule has 5 unspecified atom stereocenters. The van der Waals surface area contributed by atoms with Crippen LogP contribution in [0.1, 0.15) is 26.2 Å². The van der Waals surface area contributed by atoms with E-state index in [1.54, 1.807) is 0 Å². The number of carbonyl (C=O) groups excluding carboxylic acids is 1. The molecule has 4 heterocycles. The summed E-state index contributed by atoms with van der Waals surface area (Å²) in [5, 5.41) is 23.7. The number of amides is 1. The van der Waals surface area contributed by atoms with Crippen LogP contribution in [0, 0.1) is 11.8 Å². The van der Waals surface area contributed by atoms with Crippen molar-refractivity contribution in [3.05, 3.63) is 48.7 Å². The lowest BCUT2D eigenvalue weighted by Crippen LogP contribution is -2.57. The molecule has 1 aliphatic carbocycles. The molecule has 204 valence electrons. The highest BCUT2D eigenvalue weighted by molar-refractivity contribution is 6.02. The Balaban J connectivity index is 1.14. The van der Waals surface area contributed by atoms with Gasteiger partial charge in [-0.05, 0) is 25.1 Å². The first-order valence-corrected chi connectivity index (χ1v) is 13.7. The molecule has 1 saturated heterocycles. The van der Waals surface area contributed by atoms with Gasteiger partial charge in [-0.1, -0.05) is 43.4 Å². The molecule has 38 heavy (non-hydrogen) atoms. The predicted molar refractivity (Wildman–Crippen MR) is 149 cm³/mol. The number of allylic oxidation sites excluding steroid dienone is 2. The first kappa shape index (κ1) is 26.2. The maximum atomic E-state index is 12.9. The van der Waals surface area contributed by atoms with Crippen molar-refractivity contribution in [2.45, 2.75) is 44.7 Å². The van der Waals surface area contributed by atoms with Gasteiger partial charge in [0.15, 0.2) is 0 Å². The van der Waals surface area contributed by atoms with Gasteiger partial charge in [-0.2, -0.15) is 0 Å². The van der Waals surface area contributed by atoms with E-state index in [9.17, 15) is 9.90 Å². The number of dihydropyridines is 1. The molecule has 5 N–H and O–H groups in total. The lowest BCUT2D eigenvalue weighted by atomic mass is 10.0. The number of guanidine groups is 1. The summed E-state index contributed by atoms with van der Waals surface area (Å²) >= 11 is 0. The minimum Gasteiger partial charge on any atom is -0.391 e. The molecule has 0 radical (unpaired) electrons. The second-order valence-corrected chi connectivity index (χ2v) is 10.1. The van der Waals surface area contributed by atoms with Crippen LogP contribution in [0.15, 0.2) is 63.7 Å². The monoisotopic (exact) mass is 521 g/mol. The topological polar surface area (TPSA) is 129 Å². The standard InChI is InChI=1S/C27H39N9O2/c1-2-22-31-26(32-23-9-8-20(18-29-23)24(37)30-21-6-4-3-5-7-21)34-27(33-22)36-16-14-35(15-17-36)25(38)19-10-12-28-13-11-19/h3-6,8-10,12,19-21,24,26,28,30,37H,2,7,11,13-18H2,1H3,(H,29,32)(H,31,33,34). The zero-order valence-electron chi connectivity index (χ0n) is 22.0. The van der Waals surface area contributed by atoms with E-state index in [0.717, 1.165) is 50.7 Å². The van der Waals surface area contributed by atoms with Crippen LogP contribution in [0.4, 0.5) is 0 Å². The predicted octanol–water partition coefficient (Wildman–Crippen LogP) is 0.272. The van der Waals surface area contributed by atoms with Gasteiger partial charge in [-0.3, -0.25) is 15.1 Å². The third-order valence-electron chi connectivity index (χ3n) is 7.39. The van der Waals surface area contributed by atoms with Crippen molar-refractivity contribution in [2.24, 2.45) is 26.8 Å². The number of aliphatic hydroxyl groups is 1. The number of rotatable bonds is 6. The normalized spacial score (nSPS) is 29.6. The quantitative estimate of drug-likeness (QED) is 0.318. The van der Waals surface area contributed by atoms with Gasteiger partial charge in [0.05, 0.1) is 12.5 Å². The van der Waals surface area contributed by atoms with E-state index >= 15 is 0 Å². The molecular formula is C27H39N9O2. The zero-order chi connectivity index (χ0) is 26.3. The Kier molecular flexibility index (Phi) is 8.54. The highest BCUT2D eigenvalue weighted by Gasteiger charge is 2.30. The van der Waals surface area contributed by atoms with Gasteiger partial charge in [0.1, 0.15) is 17.9 Å². The molecule has 0 spiro atoms. The number of aliphatic hydroxyl groups excluding tert-OH is 1. The maximum Gasteiger partial charge on any atom is 0.229 e. The summed E-state index contributed by atoms with van der Waals surface area (Å²) in [7, 11) is 0. The van der Waals surface area contributed by atoms with E-state index < -0.39 is 12.5 Å². The molecule has 0 aromatic rings. The van der Waals surface area contributed by atoms with Crippen molar-refractivity contribution in [1.82, 2.24) is 31.1 Å². The van der Waals surface area contributed by atoms with Gasteiger partial charge in [-0.15, -0.1) is 0 Å². The first-order valence-electron chi connectivity index (χ1n) is 13.7. The van der Waals surface area contributed by atoms with E-state index in [1.165, 1.54) is 0 Å². The smallest absolute Gasteiger partial charge is 0.229 e. The fourth-order valence-electron chi connectivity index (χ4n) is 5.08. The third-order valence-corrected chi connectivity index (χ3v) is 7.39. The molecule has 0 aromatic heterocycles. The van der Waals surface area contributed by atoms with E-state index in [1.807, 2.05) is 41.5 Å². The third kappa shape index (κ3) is 6.51. The van der Waals surface area contributed by atoms with Crippen LogP contribution in [0.5, 0.6) is 0 Å². The maximum absolute atomic E-state index is 12.9. The Morgan fingerprint density at radius 3 is 2.74 bits per heavy atom. The van der Waals surface area contributed by atoms with E-state index in [4.69, 9.17) is 4.99 Å². The van der Waals surface area contributed by atoms with Gasteiger partial charge < -0.3 is 30.9 Å².